The lowest BCUT2D eigenvalue weighted by atomic mass is 9.85. The molecule has 3 heteroatoms. The second kappa shape index (κ2) is 5.98. The SMILES string of the molecule is CC(Cc1cccs1)N(C)CC(C)(C)C(C)N. The molecule has 0 spiro atoms. The topological polar surface area (TPSA) is 29.3 Å². The van der Waals surface area contributed by atoms with Gasteiger partial charge in [0.15, 0.2) is 0 Å². The van der Waals surface area contributed by atoms with Gasteiger partial charge in [-0.05, 0) is 44.2 Å². The Bertz CT molecular complexity index is 317. The molecule has 1 rings (SSSR count). The molecule has 0 bridgehead atoms. The molecule has 98 valence electrons. The van der Waals surface area contributed by atoms with Crippen molar-refractivity contribution in [2.45, 2.75) is 46.2 Å². The van der Waals surface area contributed by atoms with E-state index in [4.69, 9.17) is 5.73 Å². The van der Waals surface area contributed by atoms with Gasteiger partial charge in [-0.2, -0.15) is 0 Å². The summed E-state index contributed by atoms with van der Waals surface area (Å²) in [5.41, 5.74) is 6.20. The Morgan fingerprint density at radius 2 is 2.06 bits per heavy atom. The number of likely N-dealkylation sites (N-methyl/N-ethyl adjacent to an activating group) is 1. The number of rotatable bonds is 6. The second-order valence-corrected chi connectivity index (χ2v) is 6.86. The molecular weight excluding hydrogens is 228 g/mol. The second-order valence-electron chi connectivity index (χ2n) is 5.82. The fraction of sp³-hybridized carbons (Fsp3) is 0.714. The van der Waals surface area contributed by atoms with Gasteiger partial charge < -0.3 is 10.6 Å². The molecule has 0 aromatic carbocycles. The van der Waals surface area contributed by atoms with Crippen LogP contribution in [0.1, 0.15) is 32.6 Å². The molecule has 2 N–H and O–H groups in total. The molecule has 2 unspecified atom stereocenters. The van der Waals surface area contributed by atoms with E-state index in [1.54, 1.807) is 0 Å². The molecular formula is C14H26N2S. The number of nitrogens with two attached hydrogens (primary N) is 1. The van der Waals surface area contributed by atoms with Crippen molar-refractivity contribution in [3.05, 3.63) is 22.4 Å². The molecule has 0 amide bonds. The van der Waals surface area contributed by atoms with E-state index in [1.165, 1.54) is 4.88 Å². The van der Waals surface area contributed by atoms with E-state index in [1.807, 2.05) is 11.3 Å². The Hall–Kier alpha value is -0.380. The van der Waals surface area contributed by atoms with Crippen LogP contribution < -0.4 is 5.73 Å². The van der Waals surface area contributed by atoms with Crippen LogP contribution in [0.4, 0.5) is 0 Å². The van der Waals surface area contributed by atoms with Crippen LogP contribution in [0.5, 0.6) is 0 Å². The highest BCUT2D eigenvalue weighted by molar-refractivity contribution is 7.09. The van der Waals surface area contributed by atoms with Crippen LogP contribution in [0, 0.1) is 5.41 Å². The summed E-state index contributed by atoms with van der Waals surface area (Å²) in [6.45, 7) is 9.91. The normalized spacial score (nSPS) is 16.2. The van der Waals surface area contributed by atoms with Crippen molar-refractivity contribution in [2.24, 2.45) is 11.1 Å². The molecule has 1 heterocycles. The first-order chi connectivity index (χ1) is 7.83. The number of hydrogen-bond donors (Lipinski definition) is 1. The Morgan fingerprint density at radius 3 is 2.53 bits per heavy atom. The number of thiophene rings is 1. The van der Waals surface area contributed by atoms with Crippen molar-refractivity contribution in [1.29, 1.82) is 0 Å². The van der Waals surface area contributed by atoms with E-state index >= 15 is 0 Å². The number of hydrogen-bond acceptors (Lipinski definition) is 3. The Kier molecular flexibility index (Phi) is 5.17. The number of nitrogens with zero attached hydrogens (tertiary/aromatic N) is 1. The summed E-state index contributed by atoms with van der Waals surface area (Å²) in [4.78, 5) is 3.88. The fourth-order valence-corrected chi connectivity index (χ4v) is 2.64. The van der Waals surface area contributed by atoms with E-state index in [0.717, 1.165) is 13.0 Å². The molecule has 2 nitrogen and oxygen atoms in total. The van der Waals surface area contributed by atoms with Crippen LogP contribution in [-0.4, -0.2) is 30.6 Å². The fourth-order valence-electron chi connectivity index (χ4n) is 1.82. The summed E-state index contributed by atoms with van der Waals surface area (Å²) in [5, 5.41) is 2.15. The monoisotopic (exact) mass is 254 g/mol. The zero-order chi connectivity index (χ0) is 13.1. The highest BCUT2D eigenvalue weighted by Gasteiger charge is 2.26. The summed E-state index contributed by atoms with van der Waals surface area (Å²) < 4.78 is 0. The van der Waals surface area contributed by atoms with Gasteiger partial charge in [0.25, 0.3) is 0 Å². The van der Waals surface area contributed by atoms with Crippen molar-refractivity contribution in [3.63, 3.8) is 0 Å². The van der Waals surface area contributed by atoms with Crippen LogP contribution >= 0.6 is 11.3 Å². The molecule has 2 atom stereocenters. The minimum atomic E-state index is 0.165. The molecule has 0 saturated heterocycles. The van der Waals surface area contributed by atoms with Gasteiger partial charge >= 0.3 is 0 Å². The molecule has 1 aromatic heterocycles. The van der Waals surface area contributed by atoms with E-state index < -0.39 is 0 Å². The zero-order valence-corrected chi connectivity index (χ0v) is 12.6. The summed E-state index contributed by atoms with van der Waals surface area (Å²) >= 11 is 1.84. The van der Waals surface area contributed by atoms with E-state index in [0.29, 0.717) is 6.04 Å². The van der Waals surface area contributed by atoms with Gasteiger partial charge in [-0.3, -0.25) is 0 Å². The van der Waals surface area contributed by atoms with Crippen LogP contribution in [0.25, 0.3) is 0 Å². The van der Waals surface area contributed by atoms with Gasteiger partial charge in [-0.15, -0.1) is 11.3 Å². The maximum Gasteiger partial charge on any atom is 0.0112 e. The quantitative estimate of drug-likeness (QED) is 0.845. The Morgan fingerprint density at radius 1 is 1.41 bits per heavy atom. The largest absolute Gasteiger partial charge is 0.327 e. The maximum atomic E-state index is 6.03. The lowest BCUT2D eigenvalue weighted by Crippen LogP contribution is -2.45. The summed E-state index contributed by atoms with van der Waals surface area (Å²) in [7, 11) is 2.20. The third-order valence-electron chi connectivity index (χ3n) is 3.72. The minimum absolute atomic E-state index is 0.165. The van der Waals surface area contributed by atoms with E-state index in [2.05, 4.69) is 57.2 Å². The van der Waals surface area contributed by atoms with Crippen molar-refractivity contribution in [2.75, 3.05) is 13.6 Å². The van der Waals surface area contributed by atoms with E-state index in [9.17, 15) is 0 Å². The molecule has 0 aliphatic heterocycles. The third-order valence-corrected chi connectivity index (χ3v) is 4.62. The van der Waals surface area contributed by atoms with Crippen LogP contribution in [0.3, 0.4) is 0 Å². The summed E-state index contributed by atoms with van der Waals surface area (Å²) in [6, 6.07) is 5.12. The van der Waals surface area contributed by atoms with Crippen molar-refractivity contribution in [3.8, 4) is 0 Å². The summed E-state index contributed by atoms with van der Waals surface area (Å²) in [5.74, 6) is 0. The average molecular weight is 254 g/mol. The van der Waals surface area contributed by atoms with Gasteiger partial charge in [0.1, 0.15) is 0 Å². The van der Waals surface area contributed by atoms with Gasteiger partial charge in [0.05, 0.1) is 0 Å². The minimum Gasteiger partial charge on any atom is -0.327 e. The highest BCUT2D eigenvalue weighted by atomic mass is 32.1. The van der Waals surface area contributed by atoms with Crippen molar-refractivity contribution in [1.82, 2.24) is 4.90 Å². The van der Waals surface area contributed by atoms with Gasteiger partial charge in [-0.25, -0.2) is 0 Å². The first-order valence-corrected chi connectivity index (χ1v) is 7.19. The molecule has 0 radical (unpaired) electrons. The standard InChI is InChI=1S/C14H26N2S/c1-11(9-13-7-6-8-17-13)16(5)10-14(3,4)12(2)15/h6-8,11-12H,9-10,15H2,1-5H3. The summed E-state index contributed by atoms with van der Waals surface area (Å²) in [6.07, 6.45) is 1.13. The maximum absolute atomic E-state index is 6.03. The lowest BCUT2D eigenvalue weighted by molar-refractivity contribution is 0.149. The van der Waals surface area contributed by atoms with Crippen molar-refractivity contribution >= 4 is 11.3 Å². The van der Waals surface area contributed by atoms with Gasteiger partial charge in [0.2, 0.25) is 0 Å². The predicted octanol–water partition coefficient (Wildman–Crippen LogP) is 2.98. The molecule has 1 aromatic rings. The van der Waals surface area contributed by atoms with Gasteiger partial charge in [-0.1, -0.05) is 19.9 Å². The smallest absolute Gasteiger partial charge is 0.0112 e. The van der Waals surface area contributed by atoms with E-state index in [-0.39, 0.29) is 11.5 Å². The Labute approximate surface area is 110 Å². The van der Waals surface area contributed by atoms with Crippen molar-refractivity contribution < 1.29 is 0 Å². The van der Waals surface area contributed by atoms with Gasteiger partial charge in [0, 0.05) is 23.5 Å². The average Bonchev–Trinajstić information content (AvgIpc) is 2.69. The Balaban J connectivity index is 2.50. The molecule has 0 aliphatic rings. The molecule has 0 fully saturated rings. The molecule has 0 saturated carbocycles. The predicted molar refractivity (Wildman–Crippen MR) is 77.5 cm³/mol. The molecule has 17 heavy (non-hydrogen) atoms. The van der Waals surface area contributed by atoms with Crippen LogP contribution in [-0.2, 0) is 6.42 Å². The first kappa shape index (κ1) is 14.7. The molecule has 0 aliphatic carbocycles. The van der Waals surface area contributed by atoms with Crippen LogP contribution in [0.15, 0.2) is 17.5 Å². The first-order valence-electron chi connectivity index (χ1n) is 6.31. The lowest BCUT2D eigenvalue weighted by Gasteiger charge is -2.36. The highest BCUT2D eigenvalue weighted by Crippen LogP contribution is 2.22. The third kappa shape index (κ3) is 4.41. The zero-order valence-electron chi connectivity index (χ0n) is 11.7. The van der Waals surface area contributed by atoms with Crippen LogP contribution in [0.2, 0.25) is 0 Å².